The first-order chi connectivity index (χ1) is 11.6. The van der Waals surface area contributed by atoms with Crippen LogP contribution in [0.3, 0.4) is 0 Å². The number of benzene rings is 2. The lowest BCUT2D eigenvalue weighted by Crippen LogP contribution is -2.07. The fourth-order valence-electron chi connectivity index (χ4n) is 3.52. The van der Waals surface area contributed by atoms with Crippen molar-refractivity contribution >= 4 is 0 Å². The van der Waals surface area contributed by atoms with Gasteiger partial charge in [-0.05, 0) is 60.1 Å². The van der Waals surface area contributed by atoms with Crippen LogP contribution in [0.4, 0.5) is 0 Å². The van der Waals surface area contributed by atoms with E-state index in [1.165, 1.54) is 11.1 Å². The van der Waals surface area contributed by atoms with Crippen molar-refractivity contribution in [1.82, 2.24) is 0 Å². The Morgan fingerprint density at radius 1 is 0.917 bits per heavy atom. The van der Waals surface area contributed by atoms with Gasteiger partial charge in [0.15, 0.2) is 0 Å². The van der Waals surface area contributed by atoms with Gasteiger partial charge in [-0.1, -0.05) is 50.3 Å². The van der Waals surface area contributed by atoms with Crippen LogP contribution in [-0.2, 0) is 0 Å². The van der Waals surface area contributed by atoms with Crippen LogP contribution in [0.1, 0.15) is 67.6 Å². The van der Waals surface area contributed by atoms with Crippen LogP contribution in [-0.4, -0.2) is 10.2 Å². The quantitative estimate of drug-likeness (QED) is 0.695. The number of aromatic hydroxyl groups is 2. The Labute approximate surface area is 144 Å². The summed E-state index contributed by atoms with van der Waals surface area (Å²) in [6.45, 7) is 4.32. The molecule has 126 valence electrons. The van der Waals surface area contributed by atoms with E-state index in [9.17, 15) is 10.2 Å². The molecule has 24 heavy (non-hydrogen) atoms. The molecule has 2 nitrogen and oxygen atoms in total. The molecule has 0 aromatic heterocycles. The summed E-state index contributed by atoms with van der Waals surface area (Å²) in [4.78, 5) is 0. The lowest BCUT2D eigenvalue weighted by Gasteiger charge is -2.24. The maximum atomic E-state index is 10.1. The maximum Gasteiger partial charge on any atom is 0.119 e. The molecule has 0 heterocycles. The Kier molecular flexibility index (Phi) is 4.94. The second-order valence-electron chi connectivity index (χ2n) is 6.89. The van der Waals surface area contributed by atoms with E-state index in [-0.39, 0.29) is 0 Å². The van der Waals surface area contributed by atoms with Crippen LogP contribution in [0.2, 0.25) is 0 Å². The number of rotatable bonds is 4. The Bertz CT molecular complexity index is 715. The third-order valence-electron chi connectivity index (χ3n) is 5.31. The van der Waals surface area contributed by atoms with Gasteiger partial charge < -0.3 is 10.2 Å². The van der Waals surface area contributed by atoms with Crippen LogP contribution in [0.5, 0.6) is 11.5 Å². The average molecular weight is 322 g/mol. The van der Waals surface area contributed by atoms with E-state index >= 15 is 0 Å². The molecule has 3 unspecified atom stereocenters. The highest BCUT2D eigenvalue weighted by Gasteiger charge is 2.20. The minimum absolute atomic E-state index is 0.318. The molecule has 3 atom stereocenters. The van der Waals surface area contributed by atoms with Crippen molar-refractivity contribution in [3.05, 3.63) is 71.3 Å². The molecule has 0 spiro atoms. The van der Waals surface area contributed by atoms with Gasteiger partial charge in [0, 0.05) is 11.8 Å². The minimum atomic E-state index is 0.318. The SMILES string of the molecule is CCC(C)c1cc(C2C=CC(c3ccc(O)cc3)CC2)ccc1O. The Morgan fingerprint density at radius 2 is 1.50 bits per heavy atom. The molecule has 0 radical (unpaired) electrons. The lowest BCUT2D eigenvalue weighted by atomic mass is 9.80. The summed E-state index contributed by atoms with van der Waals surface area (Å²) in [6.07, 6.45) is 7.82. The van der Waals surface area contributed by atoms with E-state index in [2.05, 4.69) is 38.1 Å². The smallest absolute Gasteiger partial charge is 0.119 e. The van der Waals surface area contributed by atoms with Crippen molar-refractivity contribution in [1.29, 1.82) is 0 Å². The molecule has 0 amide bonds. The summed E-state index contributed by atoms with van der Waals surface area (Å²) < 4.78 is 0. The molecule has 2 aromatic carbocycles. The molecule has 2 N–H and O–H groups in total. The van der Waals surface area contributed by atoms with Gasteiger partial charge in [0.1, 0.15) is 11.5 Å². The van der Waals surface area contributed by atoms with Gasteiger partial charge in [-0.2, -0.15) is 0 Å². The summed E-state index contributed by atoms with van der Waals surface area (Å²) in [7, 11) is 0. The summed E-state index contributed by atoms with van der Waals surface area (Å²) >= 11 is 0. The van der Waals surface area contributed by atoms with E-state index in [4.69, 9.17) is 0 Å². The molecule has 0 saturated heterocycles. The van der Waals surface area contributed by atoms with Crippen LogP contribution in [0, 0.1) is 0 Å². The normalized spacial score (nSPS) is 21.6. The largest absolute Gasteiger partial charge is 0.508 e. The molecular formula is C22H26O2. The first-order valence-corrected chi connectivity index (χ1v) is 8.88. The van der Waals surface area contributed by atoms with Gasteiger partial charge in [-0.3, -0.25) is 0 Å². The summed E-state index contributed by atoms with van der Waals surface area (Å²) in [5.74, 6) is 1.95. The van der Waals surface area contributed by atoms with Crippen molar-refractivity contribution in [2.75, 3.05) is 0 Å². The Balaban J connectivity index is 1.78. The molecule has 0 saturated carbocycles. The number of phenolic OH excluding ortho intramolecular Hbond substituents is 2. The van der Waals surface area contributed by atoms with Crippen molar-refractivity contribution < 1.29 is 10.2 Å². The number of hydrogen-bond donors (Lipinski definition) is 2. The molecule has 3 rings (SSSR count). The predicted molar refractivity (Wildman–Crippen MR) is 98.8 cm³/mol. The van der Waals surface area contributed by atoms with Crippen molar-refractivity contribution in [3.63, 3.8) is 0 Å². The van der Waals surface area contributed by atoms with Crippen molar-refractivity contribution in [3.8, 4) is 11.5 Å². The van der Waals surface area contributed by atoms with Gasteiger partial charge in [0.2, 0.25) is 0 Å². The number of allylic oxidation sites excluding steroid dienone is 2. The topological polar surface area (TPSA) is 40.5 Å². The van der Waals surface area contributed by atoms with Crippen molar-refractivity contribution in [2.24, 2.45) is 0 Å². The molecule has 1 aliphatic carbocycles. The molecule has 0 aliphatic heterocycles. The zero-order valence-corrected chi connectivity index (χ0v) is 14.4. The van der Waals surface area contributed by atoms with Gasteiger partial charge >= 0.3 is 0 Å². The van der Waals surface area contributed by atoms with Gasteiger partial charge in [0.05, 0.1) is 0 Å². The third-order valence-corrected chi connectivity index (χ3v) is 5.31. The van der Waals surface area contributed by atoms with E-state index in [1.54, 1.807) is 12.1 Å². The summed E-state index contributed by atoms with van der Waals surface area (Å²) in [5, 5.41) is 19.5. The average Bonchev–Trinajstić information content (AvgIpc) is 2.62. The molecule has 0 bridgehead atoms. The molecule has 1 aliphatic rings. The van der Waals surface area contributed by atoms with E-state index < -0.39 is 0 Å². The molecule has 0 fully saturated rings. The zero-order valence-electron chi connectivity index (χ0n) is 14.4. The second kappa shape index (κ2) is 7.12. The summed E-state index contributed by atoms with van der Waals surface area (Å²) in [6, 6.07) is 13.6. The Morgan fingerprint density at radius 3 is 2.08 bits per heavy atom. The first-order valence-electron chi connectivity index (χ1n) is 8.88. The van der Waals surface area contributed by atoms with E-state index in [0.717, 1.165) is 24.8 Å². The van der Waals surface area contributed by atoms with Gasteiger partial charge in [-0.25, -0.2) is 0 Å². The van der Waals surface area contributed by atoms with Crippen LogP contribution < -0.4 is 0 Å². The Hall–Kier alpha value is -2.22. The van der Waals surface area contributed by atoms with Gasteiger partial charge in [0.25, 0.3) is 0 Å². The maximum absolute atomic E-state index is 10.1. The molecule has 2 heteroatoms. The predicted octanol–water partition coefficient (Wildman–Crippen LogP) is 5.83. The highest BCUT2D eigenvalue weighted by molar-refractivity contribution is 5.41. The zero-order chi connectivity index (χ0) is 17.1. The van der Waals surface area contributed by atoms with E-state index in [1.807, 2.05) is 18.2 Å². The highest BCUT2D eigenvalue weighted by atomic mass is 16.3. The van der Waals surface area contributed by atoms with Crippen LogP contribution in [0.25, 0.3) is 0 Å². The molecular weight excluding hydrogens is 296 g/mol. The minimum Gasteiger partial charge on any atom is -0.508 e. The number of phenols is 2. The third kappa shape index (κ3) is 3.48. The standard InChI is InChI=1S/C22H26O2/c1-3-15(2)21-14-19(10-13-22(21)24)18-6-4-16(5-7-18)17-8-11-20(23)12-9-17/h4,6,8-16,18,23-24H,3,5,7H2,1-2H3. The highest BCUT2D eigenvalue weighted by Crippen LogP contribution is 2.38. The monoisotopic (exact) mass is 322 g/mol. The fourth-order valence-corrected chi connectivity index (χ4v) is 3.52. The molecule has 2 aromatic rings. The van der Waals surface area contributed by atoms with E-state index in [0.29, 0.717) is 29.3 Å². The first kappa shape index (κ1) is 16.6. The van der Waals surface area contributed by atoms with Gasteiger partial charge in [-0.15, -0.1) is 0 Å². The lowest BCUT2D eigenvalue weighted by molar-refractivity contribution is 0.461. The number of hydrogen-bond acceptors (Lipinski definition) is 2. The van der Waals surface area contributed by atoms with Crippen LogP contribution in [0.15, 0.2) is 54.6 Å². The summed E-state index contributed by atoms with van der Waals surface area (Å²) in [5.41, 5.74) is 3.61. The fraction of sp³-hybridized carbons (Fsp3) is 0.364. The van der Waals surface area contributed by atoms with Crippen LogP contribution >= 0.6 is 0 Å². The second-order valence-corrected chi connectivity index (χ2v) is 6.89. The van der Waals surface area contributed by atoms with Crippen molar-refractivity contribution in [2.45, 2.75) is 50.9 Å².